The Kier molecular flexibility index (Phi) is 5.22. The molecule has 142 valence electrons. The second-order valence-electron chi connectivity index (χ2n) is 7.81. The third kappa shape index (κ3) is 4.13. The molecule has 2 amide bonds. The van der Waals surface area contributed by atoms with Gasteiger partial charge < -0.3 is 15.0 Å². The zero-order chi connectivity index (χ0) is 19.6. The molecule has 0 radical (unpaired) electrons. The molecule has 2 aromatic rings. The molecule has 0 saturated carbocycles. The van der Waals surface area contributed by atoms with Crippen molar-refractivity contribution in [1.82, 2.24) is 5.32 Å². The SMILES string of the molecule is CC(=O)N[C@@H]1C(=O)N(CCOc2ccc(C(C)(C)C)cc2)c2ccccc21. The van der Waals surface area contributed by atoms with E-state index >= 15 is 0 Å². The largest absolute Gasteiger partial charge is 0.492 e. The summed E-state index contributed by atoms with van der Waals surface area (Å²) in [5, 5.41) is 2.74. The number of amides is 2. The normalized spacial score (nSPS) is 16.2. The zero-order valence-electron chi connectivity index (χ0n) is 16.3. The maximum Gasteiger partial charge on any atom is 0.254 e. The summed E-state index contributed by atoms with van der Waals surface area (Å²) in [6, 6.07) is 15.0. The van der Waals surface area contributed by atoms with Gasteiger partial charge in [-0.3, -0.25) is 9.59 Å². The average Bonchev–Trinajstić information content (AvgIpc) is 2.87. The highest BCUT2D eigenvalue weighted by atomic mass is 16.5. The molecule has 0 aliphatic carbocycles. The molecule has 0 fully saturated rings. The van der Waals surface area contributed by atoms with Crippen LogP contribution in [0.15, 0.2) is 48.5 Å². The first-order chi connectivity index (χ1) is 12.8. The van der Waals surface area contributed by atoms with E-state index in [0.29, 0.717) is 13.2 Å². The van der Waals surface area contributed by atoms with Gasteiger partial charge in [-0.25, -0.2) is 0 Å². The number of para-hydroxylation sites is 1. The summed E-state index contributed by atoms with van der Waals surface area (Å²) in [6.45, 7) is 8.73. The van der Waals surface area contributed by atoms with Crippen LogP contribution in [0.5, 0.6) is 5.75 Å². The Balaban J connectivity index is 1.66. The van der Waals surface area contributed by atoms with Gasteiger partial charge in [0, 0.05) is 18.2 Å². The van der Waals surface area contributed by atoms with Gasteiger partial charge in [0.15, 0.2) is 0 Å². The molecule has 0 unspecified atom stereocenters. The number of nitrogens with zero attached hydrogens (tertiary/aromatic N) is 1. The molecule has 1 aliphatic rings. The number of carbonyl (C=O) groups excluding carboxylic acids is 2. The second kappa shape index (κ2) is 7.43. The van der Waals surface area contributed by atoms with Crippen LogP contribution >= 0.6 is 0 Å². The van der Waals surface area contributed by atoms with Crippen molar-refractivity contribution in [3.8, 4) is 5.75 Å². The Labute approximate surface area is 160 Å². The molecule has 0 bridgehead atoms. The number of anilines is 1. The number of carbonyl (C=O) groups is 2. The smallest absolute Gasteiger partial charge is 0.254 e. The molecule has 3 rings (SSSR count). The Hall–Kier alpha value is -2.82. The van der Waals surface area contributed by atoms with Gasteiger partial charge in [0.05, 0.1) is 6.54 Å². The molecule has 0 saturated heterocycles. The van der Waals surface area contributed by atoms with Gasteiger partial charge in [0.25, 0.3) is 5.91 Å². The molecule has 5 nitrogen and oxygen atoms in total. The molecule has 1 aliphatic heterocycles. The predicted molar refractivity (Wildman–Crippen MR) is 106 cm³/mol. The monoisotopic (exact) mass is 366 g/mol. The average molecular weight is 366 g/mol. The summed E-state index contributed by atoms with van der Waals surface area (Å²) in [7, 11) is 0. The first-order valence-corrected chi connectivity index (χ1v) is 9.18. The van der Waals surface area contributed by atoms with Crippen LogP contribution in [-0.2, 0) is 15.0 Å². The van der Waals surface area contributed by atoms with E-state index in [-0.39, 0.29) is 17.2 Å². The number of rotatable bonds is 5. The number of fused-ring (bicyclic) bond motifs is 1. The van der Waals surface area contributed by atoms with Crippen molar-refractivity contribution in [3.63, 3.8) is 0 Å². The second-order valence-corrected chi connectivity index (χ2v) is 7.81. The lowest BCUT2D eigenvalue weighted by Crippen LogP contribution is -2.38. The summed E-state index contributed by atoms with van der Waals surface area (Å²) in [4.78, 5) is 25.9. The van der Waals surface area contributed by atoms with Gasteiger partial charge in [0.2, 0.25) is 5.91 Å². The van der Waals surface area contributed by atoms with Crippen LogP contribution in [0.4, 0.5) is 5.69 Å². The van der Waals surface area contributed by atoms with E-state index in [1.165, 1.54) is 12.5 Å². The highest BCUT2D eigenvalue weighted by Crippen LogP contribution is 2.35. The summed E-state index contributed by atoms with van der Waals surface area (Å²) in [5.74, 6) is 0.430. The van der Waals surface area contributed by atoms with E-state index in [0.717, 1.165) is 17.0 Å². The van der Waals surface area contributed by atoms with E-state index in [4.69, 9.17) is 4.74 Å². The number of benzene rings is 2. The first-order valence-electron chi connectivity index (χ1n) is 9.18. The Bertz CT molecular complexity index is 837. The third-order valence-corrected chi connectivity index (χ3v) is 4.70. The lowest BCUT2D eigenvalue weighted by atomic mass is 9.87. The van der Waals surface area contributed by atoms with E-state index < -0.39 is 6.04 Å². The molecule has 0 aromatic heterocycles. The van der Waals surface area contributed by atoms with Crippen molar-refractivity contribution in [1.29, 1.82) is 0 Å². The van der Waals surface area contributed by atoms with Crippen molar-refractivity contribution in [2.45, 2.75) is 39.2 Å². The lowest BCUT2D eigenvalue weighted by molar-refractivity contribution is -0.126. The highest BCUT2D eigenvalue weighted by Gasteiger charge is 2.37. The van der Waals surface area contributed by atoms with Crippen molar-refractivity contribution in [2.24, 2.45) is 0 Å². The minimum Gasteiger partial charge on any atom is -0.492 e. The van der Waals surface area contributed by atoms with Crippen molar-refractivity contribution >= 4 is 17.5 Å². The van der Waals surface area contributed by atoms with E-state index in [9.17, 15) is 9.59 Å². The van der Waals surface area contributed by atoms with E-state index in [2.05, 4.69) is 38.2 Å². The number of nitrogens with one attached hydrogen (secondary N) is 1. The molecular weight excluding hydrogens is 340 g/mol. The number of hydrogen-bond acceptors (Lipinski definition) is 3. The molecule has 1 heterocycles. The van der Waals surface area contributed by atoms with Gasteiger partial charge in [-0.05, 0) is 29.2 Å². The van der Waals surface area contributed by atoms with Crippen LogP contribution in [0.3, 0.4) is 0 Å². The van der Waals surface area contributed by atoms with Crippen LogP contribution in [-0.4, -0.2) is 25.0 Å². The van der Waals surface area contributed by atoms with Gasteiger partial charge >= 0.3 is 0 Å². The summed E-state index contributed by atoms with van der Waals surface area (Å²) >= 11 is 0. The third-order valence-electron chi connectivity index (χ3n) is 4.70. The fraction of sp³-hybridized carbons (Fsp3) is 0.364. The van der Waals surface area contributed by atoms with E-state index in [1.807, 2.05) is 36.4 Å². The van der Waals surface area contributed by atoms with Crippen molar-refractivity contribution in [2.75, 3.05) is 18.1 Å². The fourth-order valence-corrected chi connectivity index (χ4v) is 3.26. The van der Waals surface area contributed by atoms with Crippen molar-refractivity contribution in [3.05, 3.63) is 59.7 Å². The molecule has 0 spiro atoms. The van der Waals surface area contributed by atoms with E-state index in [1.54, 1.807) is 4.90 Å². The van der Waals surface area contributed by atoms with Gasteiger partial charge in [0.1, 0.15) is 18.4 Å². The maximum atomic E-state index is 12.8. The minimum atomic E-state index is -0.621. The number of ether oxygens (including phenoxy) is 1. The maximum absolute atomic E-state index is 12.8. The van der Waals surface area contributed by atoms with Crippen LogP contribution in [0.1, 0.15) is 44.9 Å². The fourth-order valence-electron chi connectivity index (χ4n) is 3.26. The quantitative estimate of drug-likeness (QED) is 0.880. The number of hydrogen-bond donors (Lipinski definition) is 1. The van der Waals surface area contributed by atoms with Gasteiger partial charge in [-0.2, -0.15) is 0 Å². The van der Waals surface area contributed by atoms with Crippen LogP contribution in [0.25, 0.3) is 0 Å². The summed E-state index contributed by atoms with van der Waals surface area (Å²) in [5.41, 5.74) is 3.00. The highest BCUT2D eigenvalue weighted by molar-refractivity contribution is 6.06. The van der Waals surface area contributed by atoms with Crippen LogP contribution in [0, 0.1) is 0 Å². The molecule has 5 heteroatoms. The standard InChI is InChI=1S/C22H26N2O3/c1-15(25)23-20-18-7-5-6-8-19(18)24(21(20)26)13-14-27-17-11-9-16(10-12-17)22(2,3)4/h5-12,20H,13-14H2,1-4H3,(H,23,25)/t20-/m0/s1. The first kappa shape index (κ1) is 19.0. The molecule has 27 heavy (non-hydrogen) atoms. The zero-order valence-corrected chi connectivity index (χ0v) is 16.3. The van der Waals surface area contributed by atoms with Crippen LogP contribution in [0.2, 0.25) is 0 Å². The molecule has 2 aromatic carbocycles. The lowest BCUT2D eigenvalue weighted by Gasteiger charge is -2.20. The Morgan fingerprint density at radius 2 is 1.78 bits per heavy atom. The van der Waals surface area contributed by atoms with Crippen molar-refractivity contribution < 1.29 is 14.3 Å². The summed E-state index contributed by atoms with van der Waals surface area (Å²) in [6.07, 6.45) is 0. The van der Waals surface area contributed by atoms with Gasteiger partial charge in [-0.1, -0.05) is 51.1 Å². The topological polar surface area (TPSA) is 58.6 Å². The Morgan fingerprint density at radius 3 is 2.41 bits per heavy atom. The van der Waals surface area contributed by atoms with Gasteiger partial charge in [-0.15, -0.1) is 0 Å². The molecule has 1 atom stereocenters. The van der Waals surface area contributed by atoms with Crippen LogP contribution < -0.4 is 15.0 Å². The Morgan fingerprint density at radius 1 is 1.11 bits per heavy atom. The molecule has 1 N–H and O–H groups in total. The predicted octanol–water partition coefficient (Wildman–Crippen LogP) is 3.59. The summed E-state index contributed by atoms with van der Waals surface area (Å²) < 4.78 is 5.83. The minimum absolute atomic E-state index is 0.100. The molecular formula is C22H26N2O3.